The van der Waals surface area contributed by atoms with Crippen molar-refractivity contribution in [3.8, 4) is 0 Å². The number of likely N-dealkylation sites (N-methyl/N-ethyl adjacent to an activating group) is 1. The summed E-state index contributed by atoms with van der Waals surface area (Å²) in [5, 5.41) is 3.69. The van der Waals surface area contributed by atoms with Gasteiger partial charge in [-0.25, -0.2) is 0 Å². The summed E-state index contributed by atoms with van der Waals surface area (Å²) < 4.78 is 5.52. The van der Waals surface area contributed by atoms with Gasteiger partial charge in [-0.3, -0.25) is 4.90 Å². The fourth-order valence-electron chi connectivity index (χ4n) is 4.49. The van der Waals surface area contributed by atoms with Gasteiger partial charge in [0.1, 0.15) is 0 Å². The normalized spacial score (nSPS) is 24.1. The van der Waals surface area contributed by atoms with Crippen LogP contribution in [0.25, 0.3) is 0 Å². The molecule has 0 aromatic heterocycles. The van der Waals surface area contributed by atoms with Gasteiger partial charge in [0.15, 0.2) is 0 Å². The Morgan fingerprint density at radius 2 is 1.75 bits per heavy atom. The summed E-state index contributed by atoms with van der Waals surface area (Å²) in [6.45, 7) is 9.31. The summed E-state index contributed by atoms with van der Waals surface area (Å²) in [7, 11) is 2.17. The predicted octanol–water partition coefficient (Wildman–Crippen LogP) is 3.05. The van der Waals surface area contributed by atoms with E-state index in [4.69, 9.17) is 4.74 Å². The van der Waals surface area contributed by atoms with Crippen molar-refractivity contribution in [1.29, 1.82) is 0 Å². The van der Waals surface area contributed by atoms with E-state index in [1.165, 1.54) is 58.0 Å². The number of nitrogens with zero attached hydrogens (tertiary/aromatic N) is 1. The smallest absolute Gasteiger partial charge is 0.0468 e. The van der Waals surface area contributed by atoms with Gasteiger partial charge in [-0.2, -0.15) is 0 Å². The topological polar surface area (TPSA) is 24.5 Å². The molecule has 2 saturated heterocycles. The molecule has 2 heterocycles. The third-order valence-corrected chi connectivity index (χ3v) is 5.87. The minimum absolute atomic E-state index is 0.365. The molecule has 0 radical (unpaired) electrons. The first kappa shape index (κ1) is 16.3. The van der Waals surface area contributed by atoms with E-state index in [1.54, 1.807) is 0 Å². The molecule has 0 amide bonds. The van der Waals surface area contributed by atoms with Gasteiger partial charge in [0.25, 0.3) is 0 Å². The van der Waals surface area contributed by atoms with Crippen LogP contribution in [0.5, 0.6) is 0 Å². The van der Waals surface area contributed by atoms with Crippen molar-refractivity contribution in [1.82, 2.24) is 10.2 Å². The van der Waals surface area contributed by atoms with Gasteiger partial charge in [0.05, 0.1) is 0 Å². The van der Waals surface area contributed by atoms with Crippen LogP contribution in [0.15, 0.2) is 0 Å². The number of rotatable bonds is 7. The molecule has 0 bridgehead atoms. The molecule has 2 fully saturated rings. The first-order valence-electron chi connectivity index (χ1n) is 8.77. The Bertz CT molecular complexity index is 266. The molecule has 0 aromatic carbocycles. The SMILES string of the molecule is CCC(CC)(C(CC1CCOCC1)NC)N1CCCC1. The highest BCUT2D eigenvalue weighted by Gasteiger charge is 2.42. The maximum absolute atomic E-state index is 5.52. The van der Waals surface area contributed by atoms with Crippen molar-refractivity contribution in [2.75, 3.05) is 33.4 Å². The Kier molecular flexibility index (Phi) is 6.31. The van der Waals surface area contributed by atoms with Crippen molar-refractivity contribution in [3.63, 3.8) is 0 Å². The molecule has 0 saturated carbocycles. The second-order valence-corrected chi connectivity index (χ2v) is 6.64. The lowest BCUT2D eigenvalue weighted by molar-refractivity contribution is 0.0280. The number of hydrogen-bond donors (Lipinski definition) is 1. The predicted molar refractivity (Wildman–Crippen MR) is 85.1 cm³/mol. The third kappa shape index (κ3) is 3.37. The lowest BCUT2D eigenvalue weighted by Crippen LogP contribution is -2.60. The molecule has 2 aliphatic heterocycles. The van der Waals surface area contributed by atoms with Crippen LogP contribution in [-0.2, 0) is 4.74 Å². The highest BCUT2D eigenvalue weighted by molar-refractivity contribution is 5.00. The molecule has 0 aliphatic carbocycles. The zero-order valence-corrected chi connectivity index (χ0v) is 13.8. The van der Waals surface area contributed by atoms with Crippen LogP contribution >= 0.6 is 0 Å². The fourth-order valence-corrected chi connectivity index (χ4v) is 4.49. The first-order valence-corrected chi connectivity index (χ1v) is 8.77. The summed E-state index contributed by atoms with van der Waals surface area (Å²) in [6.07, 6.45) is 9.11. The number of hydrogen-bond acceptors (Lipinski definition) is 3. The second kappa shape index (κ2) is 7.77. The molecule has 1 atom stereocenters. The molecule has 0 spiro atoms. The average molecular weight is 282 g/mol. The number of nitrogens with one attached hydrogen (secondary N) is 1. The van der Waals surface area contributed by atoms with Crippen molar-refractivity contribution >= 4 is 0 Å². The molecule has 118 valence electrons. The summed E-state index contributed by atoms with van der Waals surface area (Å²) in [4.78, 5) is 2.79. The van der Waals surface area contributed by atoms with Crippen molar-refractivity contribution in [3.05, 3.63) is 0 Å². The molecule has 3 heteroatoms. The van der Waals surface area contributed by atoms with E-state index in [-0.39, 0.29) is 0 Å². The van der Waals surface area contributed by atoms with E-state index < -0.39 is 0 Å². The Morgan fingerprint density at radius 1 is 1.15 bits per heavy atom. The highest BCUT2D eigenvalue weighted by Crippen LogP contribution is 2.35. The zero-order valence-electron chi connectivity index (χ0n) is 13.8. The molecule has 1 unspecified atom stereocenters. The second-order valence-electron chi connectivity index (χ2n) is 6.64. The van der Waals surface area contributed by atoms with Crippen LogP contribution in [0.3, 0.4) is 0 Å². The van der Waals surface area contributed by atoms with E-state index in [1.807, 2.05) is 0 Å². The van der Waals surface area contributed by atoms with E-state index in [0.29, 0.717) is 11.6 Å². The van der Waals surface area contributed by atoms with Crippen molar-refractivity contribution < 1.29 is 4.74 Å². The quantitative estimate of drug-likeness (QED) is 0.777. The molecular weight excluding hydrogens is 248 g/mol. The maximum Gasteiger partial charge on any atom is 0.0468 e. The molecule has 20 heavy (non-hydrogen) atoms. The van der Waals surface area contributed by atoms with Gasteiger partial charge in [0, 0.05) is 24.8 Å². The van der Waals surface area contributed by atoms with Gasteiger partial charge < -0.3 is 10.1 Å². The third-order valence-electron chi connectivity index (χ3n) is 5.87. The van der Waals surface area contributed by atoms with Gasteiger partial charge in [-0.15, -0.1) is 0 Å². The van der Waals surface area contributed by atoms with Crippen LogP contribution in [0.1, 0.15) is 58.8 Å². The van der Waals surface area contributed by atoms with Crippen LogP contribution in [-0.4, -0.2) is 49.8 Å². The van der Waals surface area contributed by atoms with E-state index >= 15 is 0 Å². The minimum atomic E-state index is 0.365. The molecule has 0 aromatic rings. The summed E-state index contributed by atoms with van der Waals surface area (Å²) in [5.41, 5.74) is 0.365. The van der Waals surface area contributed by atoms with Crippen molar-refractivity contribution in [2.24, 2.45) is 5.92 Å². The Morgan fingerprint density at radius 3 is 2.25 bits per heavy atom. The molecule has 3 nitrogen and oxygen atoms in total. The van der Waals surface area contributed by atoms with Crippen LogP contribution in [0, 0.1) is 5.92 Å². The van der Waals surface area contributed by atoms with E-state index in [9.17, 15) is 0 Å². The van der Waals surface area contributed by atoms with E-state index in [2.05, 4.69) is 31.1 Å². The number of likely N-dealkylation sites (tertiary alicyclic amines) is 1. The van der Waals surface area contributed by atoms with Crippen LogP contribution < -0.4 is 5.32 Å². The van der Waals surface area contributed by atoms with Gasteiger partial charge in [-0.05, 0) is 71.0 Å². The largest absolute Gasteiger partial charge is 0.381 e. The summed E-state index contributed by atoms with van der Waals surface area (Å²) >= 11 is 0. The molecule has 2 rings (SSSR count). The minimum Gasteiger partial charge on any atom is -0.381 e. The molecular formula is C17H34N2O. The summed E-state index contributed by atoms with van der Waals surface area (Å²) in [6, 6.07) is 0.624. The van der Waals surface area contributed by atoms with Crippen molar-refractivity contribution in [2.45, 2.75) is 70.4 Å². The number of ether oxygens (including phenoxy) is 1. The monoisotopic (exact) mass is 282 g/mol. The first-order chi connectivity index (χ1) is 9.76. The van der Waals surface area contributed by atoms with Gasteiger partial charge in [0.2, 0.25) is 0 Å². The highest BCUT2D eigenvalue weighted by atomic mass is 16.5. The lowest BCUT2D eigenvalue weighted by atomic mass is 9.77. The van der Waals surface area contributed by atoms with Crippen LogP contribution in [0.2, 0.25) is 0 Å². The maximum atomic E-state index is 5.52. The van der Waals surface area contributed by atoms with E-state index in [0.717, 1.165) is 19.1 Å². The van der Waals surface area contributed by atoms with Gasteiger partial charge >= 0.3 is 0 Å². The fraction of sp³-hybridized carbons (Fsp3) is 1.00. The molecule has 1 N–H and O–H groups in total. The summed E-state index contributed by atoms with van der Waals surface area (Å²) in [5.74, 6) is 0.848. The molecule has 2 aliphatic rings. The van der Waals surface area contributed by atoms with Gasteiger partial charge in [-0.1, -0.05) is 13.8 Å². The Balaban J connectivity index is 2.06. The van der Waals surface area contributed by atoms with Crippen LogP contribution in [0.4, 0.5) is 0 Å². The zero-order chi connectivity index (χ0) is 14.4. The Labute approximate surface area is 125 Å². The standard InChI is InChI=1S/C17H34N2O/c1-4-17(5-2,19-10-6-7-11-19)16(18-3)14-15-8-12-20-13-9-15/h15-16,18H,4-14H2,1-3H3. The Hall–Kier alpha value is -0.120. The average Bonchev–Trinajstić information content (AvgIpc) is 3.03. The lowest BCUT2D eigenvalue weighted by Gasteiger charge is -2.48.